The summed E-state index contributed by atoms with van der Waals surface area (Å²) in [4.78, 5) is 0. The predicted octanol–water partition coefficient (Wildman–Crippen LogP) is 9.25. The number of hydrogen-bond donors (Lipinski definition) is 0. The molecule has 1 unspecified atom stereocenters. The van der Waals surface area contributed by atoms with E-state index in [9.17, 15) is 17.6 Å². The van der Waals surface area contributed by atoms with Gasteiger partial charge in [0, 0.05) is 22.3 Å². The maximum atomic E-state index is 15.1. The summed E-state index contributed by atoms with van der Waals surface area (Å²) < 4.78 is 98.7. The van der Waals surface area contributed by atoms with Crippen molar-refractivity contribution in [2.45, 2.75) is 58.7 Å². The Morgan fingerprint density at radius 3 is 2.08 bits per heavy atom. The molecule has 1 atom stereocenters. The minimum atomic E-state index is -1.33. The van der Waals surface area contributed by atoms with Crippen LogP contribution in [-0.4, -0.2) is 12.7 Å². The Morgan fingerprint density at radius 1 is 0.775 bits per heavy atom. The average Bonchev–Trinajstić information content (AvgIpc) is 2.96. The highest BCUT2D eigenvalue weighted by molar-refractivity contribution is 5.72. The summed E-state index contributed by atoms with van der Waals surface area (Å²) in [5, 5.41) is 0. The van der Waals surface area contributed by atoms with Crippen molar-refractivity contribution in [3.63, 3.8) is 0 Å². The summed E-state index contributed by atoms with van der Waals surface area (Å²) in [7, 11) is 0. The van der Waals surface area contributed by atoms with Crippen LogP contribution in [0.15, 0.2) is 54.6 Å². The van der Waals surface area contributed by atoms with Gasteiger partial charge >= 0.3 is 0 Å². The van der Waals surface area contributed by atoms with Crippen molar-refractivity contribution in [2.75, 3.05) is 6.61 Å². The fraction of sp³-hybridized carbons (Fsp3) is 0.312. The summed E-state index contributed by atoms with van der Waals surface area (Å²) in [6.45, 7) is 3.48. The molecule has 0 fully saturated rings. The SMILES string of the molecule is C/C=C/CCc1ccc(COC2CC=C(c3ccc(-c4ccc(OCC)c(F)c4F)c(F)c3F)CC2)c(F)c1F. The van der Waals surface area contributed by atoms with E-state index < -0.39 is 46.0 Å². The minimum absolute atomic E-state index is 0.0214. The molecule has 4 rings (SSSR count). The third kappa shape index (κ3) is 6.28. The molecule has 1 aliphatic carbocycles. The number of hydrogen-bond acceptors (Lipinski definition) is 2. The molecule has 212 valence electrons. The van der Waals surface area contributed by atoms with Crippen molar-refractivity contribution in [1.29, 1.82) is 0 Å². The van der Waals surface area contributed by atoms with Crippen molar-refractivity contribution in [2.24, 2.45) is 0 Å². The molecule has 0 saturated carbocycles. The van der Waals surface area contributed by atoms with Gasteiger partial charge in [-0.05, 0) is 69.2 Å². The molecule has 0 bridgehead atoms. The van der Waals surface area contributed by atoms with E-state index in [0.29, 0.717) is 43.2 Å². The van der Waals surface area contributed by atoms with Crippen LogP contribution >= 0.6 is 0 Å². The first-order valence-corrected chi connectivity index (χ1v) is 13.2. The van der Waals surface area contributed by atoms with Crippen LogP contribution in [0.25, 0.3) is 16.7 Å². The lowest BCUT2D eigenvalue weighted by Crippen LogP contribution is -2.16. The van der Waals surface area contributed by atoms with E-state index in [0.717, 1.165) is 6.07 Å². The zero-order valence-corrected chi connectivity index (χ0v) is 22.3. The van der Waals surface area contributed by atoms with Gasteiger partial charge in [0.15, 0.2) is 34.8 Å². The van der Waals surface area contributed by atoms with E-state index in [-0.39, 0.29) is 36.2 Å². The number of allylic oxidation sites excluding steroid dienone is 3. The fourth-order valence-electron chi connectivity index (χ4n) is 4.77. The Labute approximate surface area is 229 Å². The summed E-state index contributed by atoms with van der Waals surface area (Å²) in [6.07, 6.45) is 7.33. The fourth-order valence-corrected chi connectivity index (χ4v) is 4.77. The van der Waals surface area contributed by atoms with Crippen molar-refractivity contribution in [3.8, 4) is 16.9 Å². The van der Waals surface area contributed by atoms with Gasteiger partial charge in [0.2, 0.25) is 5.82 Å². The maximum absolute atomic E-state index is 15.1. The second-order valence-corrected chi connectivity index (χ2v) is 9.52. The van der Waals surface area contributed by atoms with Gasteiger partial charge < -0.3 is 9.47 Å². The minimum Gasteiger partial charge on any atom is -0.491 e. The van der Waals surface area contributed by atoms with Crippen LogP contribution in [0, 0.1) is 34.9 Å². The highest BCUT2D eigenvalue weighted by Crippen LogP contribution is 2.36. The average molecular weight is 561 g/mol. The normalized spacial score (nSPS) is 15.5. The van der Waals surface area contributed by atoms with Gasteiger partial charge in [-0.15, -0.1) is 0 Å². The van der Waals surface area contributed by atoms with E-state index >= 15 is 8.78 Å². The maximum Gasteiger partial charge on any atom is 0.201 e. The standard InChI is InChI=1S/C32H30F6O2/c1-3-5-6-7-20-8-9-21(28(34)27(20)33)18-40-22-12-10-19(11-13-22)23-14-15-24(30(36)29(23)35)25-16-17-26(39-4-2)32(38)31(25)37/h3,5,8-10,14-17,22H,4,6-7,11-13,18H2,1-2H3/b5-3+. The molecule has 0 aromatic heterocycles. The molecule has 0 aliphatic heterocycles. The smallest absolute Gasteiger partial charge is 0.201 e. The molecule has 1 aliphatic rings. The highest BCUT2D eigenvalue weighted by Gasteiger charge is 2.24. The zero-order valence-electron chi connectivity index (χ0n) is 22.3. The van der Waals surface area contributed by atoms with E-state index in [1.165, 1.54) is 24.3 Å². The van der Waals surface area contributed by atoms with Gasteiger partial charge in [0.05, 0.1) is 19.3 Å². The van der Waals surface area contributed by atoms with Crippen molar-refractivity contribution in [3.05, 3.63) is 106 Å². The first-order valence-electron chi connectivity index (χ1n) is 13.2. The Kier molecular flexibility index (Phi) is 9.74. The lowest BCUT2D eigenvalue weighted by Gasteiger charge is -2.23. The monoisotopic (exact) mass is 560 g/mol. The van der Waals surface area contributed by atoms with Crippen LogP contribution in [-0.2, 0) is 17.8 Å². The molecule has 0 N–H and O–H groups in total. The molecule has 0 heterocycles. The molecule has 0 amide bonds. The molecular formula is C32H30F6O2. The quantitative estimate of drug-likeness (QED) is 0.182. The topological polar surface area (TPSA) is 18.5 Å². The lowest BCUT2D eigenvalue weighted by molar-refractivity contribution is 0.0342. The van der Waals surface area contributed by atoms with Gasteiger partial charge in [-0.25, -0.2) is 22.0 Å². The Balaban J connectivity index is 1.43. The number of ether oxygens (including phenoxy) is 2. The number of rotatable bonds is 10. The van der Waals surface area contributed by atoms with Crippen LogP contribution in [0.2, 0.25) is 0 Å². The summed E-state index contributed by atoms with van der Waals surface area (Å²) >= 11 is 0. The molecular weight excluding hydrogens is 530 g/mol. The predicted molar refractivity (Wildman–Crippen MR) is 143 cm³/mol. The summed E-state index contributed by atoms with van der Waals surface area (Å²) in [6, 6.07) is 7.96. The highest BCUT2D eigenvalue weighted by atomic mass is 19.2. The van der Waals surface area contributed by atoms with Gasteiger partial charge in [-0.2, -0.15) is 4.39 Å². The number of halogens is 6. The summed E-state index contributed by atoms with van der Waals surface area (Å²) in [5.74, 6) is -7.15. The van der Waals surface area contributed by atoms with Crippen molar-refractivity contribution >= 4 is 5.57 Å². The lowest BCUT2D eigenvalue weighted by atomic mass is 9.90. The molecule has 0 spiro atoms. The van der Waals surface area contributed by atoms with Crippen LogP contribution in [0.1, 0.15) is 56.2 Å². The molecule has 3 aromatic carbocycles. The van der Waals surface area contributed by atoms with Gasteiger partial charge in [0.1, 0.15) is 0 Å². The Morgan fingerprint density at radius 2 is 1.40 bits per heavy atom. The zero-order chi connectivity index (χ0) is 28.8. The first-order chi connectivity index (χ1) is 19.3. The van der Waals surface area contributed by atoms with Crippen molar-refractivity contribution in [1.82, 2.24) is 0 Å². The first kappa shape index (κ1) is 29.5. The number of benzene rings is 3. The molecule has 8 heteroatoms. The third-order valence-corrected chi connectivity index (χ3v) is 6.96. The van der Waals surface area contributed by atoms with E-state index in [2.05, 4.69) is 0 Å². The van der Waals surface area contributed by atoms with Crippen LogP contribution < -0.4 is 4.74 Å². The van der Waals surface area contributed by atoms with Crippen LogP contribution in [0.5, 0.6) is 5.75 Å². The Hall–Kier alpha value is -3.52. The Bertz CT molecular complexity index is 1430. The van der Waals surface area contributed by atoms with E-state index in [4.69, 9.17) is 9.47 Å². The number of aryl methyl sites for hydroxylation is 1. The second-order valence-electron chi connectivity index (χ2n) is 9.52. The molecule has 0 saturated heterocycles. The molecule has 2 nitrogen and oxygen atoms in total. The van der Waals surface area contributed by atoms with Gasteiger partial charge in [0.25, 0.3) is 0 Å². The van der Waals surface area contributed by atoms with Crippen molar-refractivity contribution < 1.29 is 35.8 Å². The van der Waals surface area contributed by atoms with Gasteiger partial charge in [-0.1, -0.05) is 42.5 Å². The summed E-state index contributed by atoms with van der Waals surface area (Å²) in [5.41, 5.74) is 0.172. The van der Waals surface area contributed by atoms with Crippen LogP contribution in [0.3, 0.4) is 0 Å². The molecule has 40 heavy (non-hydrogen) atoms. The molecule has 0 radical (unpaired) electrons. The van der Waals surface area contributed by atoms with E-state index in [1.54, 1.807) is 19.1 Å². The van der Waals surface area contributed by atoms with Gasteiger partial charge in [-0.3, -0.25) is 0 Å². The third-order valence-electron chi connectivity index (χ3n) is 6.96. The second kappa shape index (κ2) is 13.2. The largest absolute Gasteiger partial charge is 0.491 e. The van der Waals surface area contributed by atoms with E-state index in [1.807, 2.05) is 19.1 Å². The molecule has 3 aromatic rings. The van der Waals surface area contributed by atoms with Crippen LogP contribution in [0.4, 0.5) is 26.3 Å².